The zero-order valence-corrected chi connectivity index (χ0v) is 11.0. The molecule has 3 nitrogen and oxygen atoms in total. The molecule has 4 heteroatoms. The summed E-state index contributed by atoms with van der Waals surface area (Å²) in [6, 6.07) is 3.73. The predicted octanol–water partition coefficient (Wildman–Crippen LogP) is 2.86. The summed E-state index contributed by atoms with van der Waals surface area (Å²) in [6.07, 6.45) is 2.71. The van der Waals surface area contributed by atoms with E-state index < -0.39 is 0 Å². The molecule has 1 N–H and O–H groups in total. The summed E-state index contributed by atoms with van der Waals surface area (Å²) in [4.78, 5) is 0. The van der Waals surface area contributed by atoms with Crippen LogP contribution in [0.25, 0.3) is 0 Å². The van der Waals surface area contributed by atoms with Gasteiger partial charge in [-0.25, -0.2) is 0 Å². The van der Waals surface area contributed by atoms with E-state index in [0.29, 0.717) is 10.8 Å². The molecule has 1 aromatic rings. The van der Waals surface area contributed by atoms with Gasteiger partial charge in [0, 0.05) is 17.6 Å². The Morgan fingerprint density at radius 3 is 2.47 bits per heavy atom. The second-order valence-corrected chi connectivity index (χ2v) is 4.78. The Hall–Kier alpha value is -0.930. The van der Waals surface area contributed by atoms with E-state index >= 15 is 0 Å². The molecule has 1 aromatic carbocycles. The topological polar surface area (TPSA) is 30.5 Å². The highest BCUT2D eigenvalue weighted by Gasteiger charge is 2.20. The largest absolute Gasteiger partial charge is 0.493 e. The molecule has 94 valence electrons. The number of hydrogen-bond donors (Lipinski definition) is 1. The quantitative estimate of drug-likeness (QED) is 0.848. The van der Waals surface area contributed by atoms with E-state index in [1.807, 2.05) is 6.07 Å². The van der Waals surface area contributed by atoms with Crippen LogP contribution in [-0.4, -0.2) is 20.8 Å². The van der Waals surface area contributed by atoms with Crippen LogP contribution in [0.15, 0.2) is 12.1 Å². The summed E-state index contributed by atoms with van der Waals surface area (Å²) in [5.74, 6) is 2.26. The van der Waals surface area contributed by atoms with E-state index in [4.69, 9.17) is 21.1 Å². The van der Waals surface area contributed by atoms with Gasteiger partial charge in [-0.2, -0.15) is 0 Å². The van der Waals surface area contributed by atoms with Gasteiger partial charge in [0.15, 0.2) is 11.5 Å². The zero-order chi connectivity index (χ0) is 12.3. The average Bonchev–Trinajstić information content (AvgIpc) is 3.14. The minimum atomic E-state index is 0.670. The molecular weight excluding hydrogens is 238 g/mol. The Bertz CT molecular complexity index is 391. The van der Waals surface area contributed by atoms with Crippen LogP contribution < -0.4 is 14.8 Å². The van der Waals surface area contributed by atoms with Crippen molar-refractivity contribution in [3.63, 3.8) is 0 Å². The van der Waals surface area contributed by atoms with Gasteiger partial charge in [-0.15, -0.1) is 0 Å². The molecule has 0 spiro atoms. The first-order valence-corrected chi connectivity index (χ1v) is 6.23. The maximum atomic E-state index is 6.19. The SMILES string of the molecule is COc1cc(Cl)c(CNCC2CC2)cc1OC. The molecular formula is C13H18ClNO2. The first-order chi connectivity index (χ1) is 8.24. The monoisotopic (exact) mass is 255 g/mol. The minimum Gasteiger partial charge on any atom is -0.493 e. The van der Waals surface area contributed by atoms with E-state index in [1.165, 1.54) is 12.8 Å². The number of halogens is 1. The van der Waals surface area contributed by atoms with E-state index in [0.717, 1.165) is 30.3 Å². The second-order valence-electron chi connectivity index (χ2n) is 4.37. The van der Waals surface area contributed by atoms with Crippen molar-refractivity contribution in [3.05, 3.63) is 22.7 Å². The zero-order valence-electron chi connectivity index (χ0n) is 10.3. The highest BCUT2D eigenvalue weighted by Crippen LogP contribution is 2.33. The van der Waals surface area contributed by atoms with E-state index in [9.17, 15) is 0 Å². The van der Waals surface area contributed by atoms with Crippen LogP contribution in [0, 0.1) is 5.92 Å². The van der Waals surface area contributed by atoms with Crippen LogP contribution in [-0.2, 0) is 6.54 Å². The summed E-state index contributed by atoms with van der Waals surface area (Å²) in [6.45, 7) is 1.85. The highest BCUT2D eigenvalue weighted by atomic mass is 35.5. The third-order valence-corrected chi connectivity index (χ3v) is 3.35. The van der Waals surface area contributed by atoms with Crippen LogP contribution in [0.2, 0.25) is 5.02 Å². The van der Waals surface area contributed by atoms with Crippen LogP contribution in [0.3, 0.4) is 0 Å². The van der Waals surface area contributed by atoms with Gasteiger partial charge in [0.05, 0.1) is 14.2 Å². The number of nitrogens with one attached hydrogen (secondary N) is 1. The molecule has 17 heavy (non-hydrogen) atoms. The Morgan fingerprint density at radius 2 is 1.88 bits per heavy atom. The normalized spacial score (nSPS) is 14.8. The van der Waals surface area contributed by atoms with E-state index in [2.05, 4.69) is 5.32 Å². The van der Waals surface area contributed by atoms with Crippen molar-refractivity contribution in [2.45, 2.75) is 19.4 Å². The van der Waals surface area contributed by atoms with Crippen molar-refractivity contribution < 1.29 is 9.47 Å². The summed E-state index contributed by atoms with van der Waals surface area (Å²) in [5.41, 5.74) is 1.05. The predicted molar refractivity (Wildman–Crippen MR) is 69.0 cm³/mol. The first kappa shape index (κ1) is 12.5. The maximum Gasteiger partial charge on any atom is 0.162 e. The van der Waals surface area contributed by atoms with Crippen molar-refractivity contribution in [2.75, 3.05) is 20.8 Å². The van der Waals surface area contributed by atoms with Crippen molar-refractivity contribution >= 4 is 11.6 Å². The van der Waals surface area contributed by atoms with Gasteiger partial charge < -0.3 is 14.8 Å². The second kappa shape index (κ2) is 5.61. The van der Waals surface area contributed by atoms with Crippen molar-refractivity contribution in [1.29, 1.82) is 0 Å². The third kappa shape index (κ3) is 3.27. The molecule has 1 fully saturated rings. The molecule has 1 saturated carbocycles. The van der Waals surface area contributed by atoms with Crippen molar-refractivity contribution in [2.24, 2.45) is 5.92 Å². The Labute approximate surface area is 107 Å². The number of ether oxygens (including phenoxy) is 2. The third-order valence-electron chi connectivity index (χ3n) is 3.00. The van der Waals surface area contributed by atoms with Gasteiger partial charge in [0.2, 0.25) is 0 Å². The van der Waals surface area contributed by atoms with Crippen LogP contribution >= 0.6 is 11.6 Å². The fourth-order valence-corrected chi connectivity index (χ4v) is 1.99. The summed E-state index contributed by atoms with van der Waals surface area (Å²) >= 11 is 6.19. The number of hydrogen-bond acceptors (Lipinski definition) is 3. The highest BCUT2D eigenvalue weighted by molar-refractivity contribution is 6.31. The fourth-order valence-electron chi connectivity index (χ4n) is 1.76. The number of rotatable bonds is 6. The Balaban J connectivity index is 2.03. The average molecular weight is 256 g/mol. The van der Waals surface area contributed by atoms with Gasteiger partial charge in [-0.3, -0.25) is 0 Å². The molecule has 0 aromatic heterocycles. The Morgan fingerprint density at radius 1 is 1.24 bits per heavy atom. The molecule has 1 aliphatic rings. The lowest BCUT2D eigenvalue weighted by atomic mass is 10.2. The van der Waals surface area contributed by atoms with Gasteiger partial charge >= 0.3 is 0 Å². The smallest absolute Gasteiger partial charge is 0.162 e. The lowest BCUT2D eigenvalue weighted by Crippen LogP contribution is -2.16. The van der Waals surface area contributed by atoms with Gasteiger partial charge in [0.1, 0.15) is 0 Å². The van der Waals surface area contributed by atoms with Crippen LogP contribution in [0.4, 0.5) is 0 Å². The molecule has 0 amide bonds. The lowest BCUT2D eigenvalue weighted by molar-refractivity contribution is 0.354. The molecule has 2 rings (SSSR count). The van der Waals surface area contributed by atoms with Crippen molar-refractivity contribution in [3.8, 4) is 11.5 Å². The minimum absolute atomic E-state index is 0.670. The first-order valence-electron chi connectivity index (χ1n) is 5.85. The molecule has 0 atom stereocenters. The summed E-state index contributed by atoms with van der Waals surface area (Å²) in [7, 11) is 3.24. The van der Waals surface area contributed by atoms with E-state index in [-0.39, 0.29) is 0 Å². The molecule has 0 saturated heterocycles. The molecule has 1 aliphatic carbocycles. The van der Waals surface area contributed by atoms with Crippen LogP contribution in [0.5, 0.6) is 11.5 Å². The molecule has 0 heterocycles. The molecule has 0 aliphatic heterocycles. The van der Waals surface area contributed by atoms with Gasteiger partial charge in [-0.1, -0.05) is 11.6 Å². The lowest BCUT2D eigenvalue weighted by Gasteiger charge is -2.12. The summed E-state index contributed by atoms with van der Waals surface area (Å²) in [5, 5.41) is 4.13. The fraction of sp³-hybridized carbons (Fsp3) is 0.538. The molecule has 0 bridgehead atoms. The van der Waals surface area contributed by atoms with Gasteiger partial charge in [0.25, 0.3) is 0 Å². The number of benzene rings is 1. The molecule has 0 unspecified atom stereocenters. The Kier molecular flexibility index (Phi) is 4.13. The van der Waals surface area contributed by atoms with Crippen LogP contribution in [0.1, 0.15) is 18.4 Å². The van der Waals surface area contributed by atoms with Crippen molar-refractivity contribution in [1.82, 2.24) is 5.32 Å². The van der Waals surface area contributed by atoms with Gasteiger partial charge in [-0.05, 0) is 36.9 Å². The maximum absolute atomic E-state index is 6.19. The number of methoxy groups -OCH3 is 2. The molecule has 0 radical (unpaired) electrons. The summed E-state index contributed by atoms with van der Waals surface area (Å²) < 4.78 is 10.5. The van der Waals surface area contributed by atoms with E-state index in [1.54, 1.807) is 20.3 Å². The standard InChI is InChI=1S/C13H18ClNO2/c1-16-12-5-10(8-15-7-9-3-4-9)11(14)6-13(12)17-2/h5-6,9,15H,3-4,7-8H2,1-2H3.